The third-order valence-corrected chi connectivity index (χ3v) is 4.85. The number of hydrogen-bond acceptors (Lipinski definition) is 5. The summed E-state index contributed by atoms with van der Waals surface area (Å²) in [6, 6.07) is 4.22. The van der Waals surface area contributed by atoms with E-state index in [9.17, 15) is 13.2 Å². The highest BCUT2D eigenvalue weighted by Crippen LogP contribution is 2.23. The van der Waals surface area contributed by atoms with Gasteiger partial charge in [-0.1, -0.05) is 20.8 Å². The van der Waals surface area contributed by atoms with Crippen LogP contribution in [0.2, 0.25) is 0 Å². The predicted octanol–water partition coefficient (Wildman–Crippen LogP) is 2.58. The molecule has 0 heterocycles. The molecule has 0 saturated heterocycles. The number of esters is 1. The molecule has 0 aliphatic carbocycles. The molecule has 0 unspecified atom stereocenters. The van der Waals surface area contributed by atoms with Gasteiger partial charge in [0.1, 0.15) is 0 Å². The van der Waals surface area contributed by atoms with Crippen LogP contribution in [0.15, 0.2) is 27.6 Å². The van der Waals surface area contributed by atoms with Gasteiger partial charge in [-0.25, -0.2) is 17.9 Å². The number of carbonyl (C=O) groups is 1. The summed E-state index contributed by atoms with van der Waals surface area (Å²) in [6.45, 7) is 6.47. The number of methoxy groups -OCH3 is 1. The highest BCUT2D eigenvalue weighted by molar-refractivity contribution is 9.10. The molecule has 0 aliphatic heterocycles. The normalized spacial score (nSPS) is 12.2. The molecule has 0 bridgehead atoms. The minimum Gasteiger partial charge on any atom is -0.462 e. The zero-order chi connectivity index (χ0) is 17.7. The van der Waals surface area contributed by atoms with Crippen LogP contribution in [-0.4, -0.2) is 41.3 Å². The van der Waals surface area contributed by atoms with E-state index in [2.05, 4.69) is 20.7 Å². The van der Waals surface area contributed by atoms with Gasteiger partial charge in [-0.2, -0.15) is 0 Å². The number of ether oxygens (including phenoxy) is 2. The van der Waals surface area contributed by atoms with Gasteiger partial charge in [0.15, 0.2) is 0 Å². The van der Waals surface area contributed by atoms with Gasteiger partial charge in [0.05, 0.1) is 23.7 Å². The van der Waals surface area contributed by atoms with Gasteiger partial charge in [0.2, 0.25) is 10.0 Å². The summed E-state index contributed by atoms with van der Waals surface area (Å²) in [5.41, 5.74) is -0.00284. The van der Waals surface area contributed by atoms with Crippen molar-refractivity contribution in [2.45, 2.75) is 25.7 Å². The second-order valence-corrected chi connectivity index (χ2v) is 8.79. The minimum atomic E-state index is -3.71. The first-order chi connectivity index (χ1) is 10.6. The van der Waals surface area contributed by atoms with Crippen molar-refractivity contribution in [3.8, 4) is 0 Å². The van der Waals surface area contributed by atoms with Crippen molar-refractivity contribution in [3.05, 3.63) is 28.2 Å². The lowest BCUT2D eigenvalue weighted by Gasteiger charge is -2.18. The molecule has 8 heteroatoms. The van der Waals surface area contributed by atoms with Crippen LogP contribution < -0.4 is 4.72 Å². The molecular weight excluding hydrogens is 386 g/mol. The lowest BCUT2D eigenvalue weighted by Crippen LogP contribution is -2.27. The van der Waals surface area contributed by atoms with Crippen LogP contribution in [0.4, 0.5) is 0 Å². The monoisotopic (exact) mass is 407 g/mol. The molecule has 1 aromatic carbocycles. The number of rotatable bonds is 7. The smallest absolute Gasteiger partial charge is 0.339 e. The molecule has 1 N–H and O–H groups in total. The molecule has 0 spiro atoms. The number of halogens is 1. The number of sulfonamides is 1. The number of hydrogen-bond donors (Lipinski definition) is 1. The largest absolute Gasteiger partial charge is 0.462 e. The SMILES string of the molecule is COCCNS(=O)(=O)c1ccc(Br)c(C(=O)OCC(C)(C)C)c1. The van der Waals surface area contributed by atoms with Gasteiger partial charge < -0.3 is 9.47 Å². The topological polar surface area (TPSA) is 81.7 Å². The van der Waals surface area contributed by atoms with Gasteiger partial charge in [-0.3, -0.25) is 0 Å². The second-order valence-electron chi connectivity index (χ2n) is 6.17. The molecule has 0 atom stereocenters. The van der Waals surface area contributed by atoms with Gasteiger partial charge in [-0.05, 0) is 39.5 Å². The molecule has 130 valence electrons. The molecule has 0 aromatic heterocycles. The fourth-order valence-electron chi connectivity index (χ4n) is 1.55. The fourth-order valence-corrected chi connectivity index (χ4v) is 3.00. The third kappa shape index (κ3) is 6.58. The number of carbonyl (C=O) groups excluding carboxylic acids is 1. The number of benzene rings is 1. The van der Waals surface area contributed by atoms with Crippen molar-refractivity contribution < 1.29 is 22.7 Å². The summed E-state index contributed by atoms with van der Waals surface area (Å²) in [7, 11) is -2.22. The molecule has 6 nitrogen and oxygen atoms in total. The summed E-state index contributed by atoms with van der Waals surface area (Å²) in [5, 5.41) is 0. The Balaban J connectivity index is 2.97. The highest BCUT2D eigenvalue weighted by Gasteiger charge is 2.21. The van der Waals surface area contributed by atoms with Gasteiger partial charge in [0.25, 0.3) is 0 Å². The van der Waals surface area contributed by atoms with E-state index >= 15 is 0 Å². The average Bonchev–Trinajstić information content (AvgIpc) is 2.44. The molecule has 0 amide bonds. The van der Waals surface area contributed by atoms with Crippen molar-refractivity contribution in [1.82, 2.24) is 4.72 Å². The zero-order valence-electron chi connectivity index (χ0n) is 13.7. The van der Waals surface area contributed by atoms with E-state index in [-0.39, 0.29) is 35.6 Å². The van der Waals surface area contributed by atoms with Crippen molar-refractivity contribution >= 4 is 31.9 Å². The quantitative estimate of drug-likeness (QED) is 0.554. The Labute approximate surface area is 145 Å². The Kier molecular flexibility index (Phi) is 7.19. The fraction of sp³-hybridized carbons (Fsp3) is 0.533. The maximum atomic E-state index is 12.2. The van der Waals surface area contributed by atoms with E-state index in [4.69, 9.17) is 9.47 Å². The molecule has 1 aromatic rings. The Morgan fingerprint density at radius 1 is 1.30 bits per heavy atom. The standard InChI is InChI=1S/C15H22BrNO5S/c1-15(2,3)10-22-14(18)12-9-11(5-6-13(12)16)23(19,20)17-7-8-21-4/h5-6,9,17H,7-8,10H2,1-4H3. The summed E-state index contributed by atoms with van der Waals surface area (Å²) in [5.74, 6) is -0.569. The molecule has 23 heavy (non-hydrogen) atoms. The first-order valence-electron chi connectivity index (χ1n) is 7.02. The van der Waals surface area contributed by atoms with E-state index in [0.29, 0.717) is 4.47 Å². The lowest BCUT2D eigenvalue weighted by molar-refractivity contribution is 0.0365. The molecule has 0 saturated carbocycles. The molecule has 0 aliphatic rings. The van der Waals surface area contributed by atoms with Crippen molar-refractivity contribution in [3.63, 3.8) is 0 Å². The van der Waals surface area contributed by atoms with Gasteiger partial charge >= 0.3 is 5.97 Å². The summed E-state index contributed by atoms with van der Waals surface area (Å²) >= 11 is 3.25. The third-order valence-electron chi connectivity index (χ3n) is 2.70. The van der Waals surface area contributed by atoms with Crippen LogP contribution >= 0.6 is 15.9 Å². The van der Waals surface area contributed by atoms with Crippen molar-refractivity contribution in [2.24, 2.45) is 5.41 Å². The summed E-state index contributed by atoms with van der Waals surface area (Å²) in [4.78, 5) is 12.2. The van der Waals surface area contributed by atoms with Crippen molar-refractivity contribution in [1.29, 1.82) is 0 Å². The van der Waals surface area contributed by atoms with Crippen LogP contribution in [0.3, 0.4) is 0 Å². The first-order valence-corrected chi connectivity index (χ1v) is 9.30. The van der Waals surface area contributed by atoms with E-state index in [0.717, 1.165) is 0 Å². The van der Waals surface area contributed by atoms with Crippen LogP contribution in [0, 0.1) is 5.41 Å². The molecule has 0 radical (unpaired) electrons. The Bertz CT molecular complexity index is 652. The maximum absolute atomic E-state index is 12.2. The summed E-state index contributed by atoms with van der Waals surface area (Å²) < 4.78 is 37.3. The van der Waals surface area contributed by atoms with Crippen molar-refractivity contribution in [2.75, 3.05) is 26.9 Å². The van der Waals surface area contributed by atoms with E-state index in [1.54, 1.807) is 0 Å². The van der Waals surface area contributed by atoms with Gasteiger partial charge in [-0.15, -0.1) is 0 Å². The Hall–Kier alpha value is -0.960. The predicted molar refractivity (Wildman–Crippen MR) is 90.9 cm³/mol. The van der Waals surface area contributed by atoms with E-state index in [1.807, 2.05) is 20.8 Å². The highest BCUT2D eigenvalue weighted by atomic mass is 79.9. The molecule has 1 rings (SSSR count). The summed E-state index contributed by atoms with van der Waals surface area (Å²) in [6.07, 6.45) is 0. The number of nitrogens with one attached hydrogen (secondary N) is 1. The Morgan fingerprint density at radius 3 is 2.52 bits per heavy atom. The van der Waals surface area contributed by atoms with Crippen LogP contribution in [0.1, 0.15) is 31.1 Å². The van der Waals surface area contributed by atoms with E-state index < -0.39 is 16.0 Å². The van der Waals surface area contributed by atoms with Gasteiger partial charge in [0, 0.05) is 18.1 Å². The minimum absolute atomic E-state index is 0.000452. The van der Waals surface area contributed by atoms with Crippen LogP contribution in [0.25, 0.3) is 0 Å². The first kappa shape index (κ1) is 20.1. The average molecular weight is 408 g/mol. The lowest BCUT2D eigenvalue weighted by atomic mass is 9.99. The molecular formula is C15H22BrNO5S. The zero-order valence-corrected chi connectivity index (χ0v) is 16.1. The second kappa shape index (κ2) is 8.23. The van der Waals surface area contributed by atoms with Crippen LogP contribution in [0.5, 0.6) is 0 Å². The Morgan fingerprint density at radius 2 is 1.96 bits per heavy atom. The van der Waals surface area contributed by atoms with Crippen LogP contribution in [-0.2, 0) is 19.5 Å². The molecule has 0 fully saturated rings. The van der Waals surface area contributed by atoms with E-state index in [1.165, 1.54) is 25.3 Å². The maximum Gasteiger partial charge on any atom is 0.339 e.